The summed E-state index contributed by atoms with van der Waals surface area (Å²) in [6.45, 7) is 1.65. The van der Waals surface area contributed by atoms with Crippen molar-refractivity contribution < 1.29 is 14.4 Å². The van der Waals surface area contributed by atoms with Crippen molar-refractivity contribution in [3.8, 4) is 0 Å². The molecule has 4 nitrogen and oxygen atoms in total. The van der Waals surface area contributed by atoms with Crippen LogP contribution in [0.1, 0.15) is 18.0 Å². The lowest BCUT2D eigenvalue weighted by atomic mass is 10.0. The van der Waals surface area contributed by atoms with Gasteiger partial charge in [0.2, 0.25) is 0 Å². The van der Waals surface area contributed by atoms with Gasteiger partial charge in [-0.05, 0) is 5.56 Å². The average molecular weight is 252 g/mol. The van der Waals surface area contributed by atoms with Crippen molar-refractivity contribution in [2.24, 2.45) is 0 Å². The highest BCUT2D eigenvalue weighted by molar-refractivity contribution is 5.66. The molecule has 1 saturated heterocycles. The number of carbonyl (C=O) groups is 1. The van der Waals surface area contributed by atoms with Crippen molar-refractivity contribution in [2.45, 2.75) is 12.5 Å². The number of carboxylic acid groups (broad SMARTS) is 1. The Bertz CT molecular complexity index is 399. The molecule has 1 fully saturated rings. The predicted octanol–water partition coefficient (Wildman–Crippen LogP) is 1.70. The Hall–Kier alpha value is -1.46. The number of hydrogen-bond donors (Lipinski definition) is 1. The molecule has 0 aromatic heterocycles. The van der Waals surface area contributed by atoms with E-state index in [4.69, 9.17) is 5.11 Å². The van der Waals surface area contributed by atoms with Crippen LogP contribution in [0.15, 0.2) is 30.3 Å². The minimum atomic E-state index is -0.815. The predicted molar refractivity (Wildman–Crippen MR) is 65.7 cm³/mol. The molecule has 1 aromatic rings. The molecule has 98 valence electrons. The number of hydrogen-bond acceptors (Lipinski definition) is 3. The molecular weight excluding hydrogens is 235 g/mol. The summed E-state index contributed by atoms with van der Waals surface area (Å²) in [5, 5.41) is 9.54. The Morgan fingerprint density at radius 1 is 1.33 bits per heavy atom. The molecule has 0 radical (unpaired) electrons. The number of piperazine rings is 1. The van der Waals surface area contributed by atoms with Crippen molar-refractivity contribution in [1.82, 2.24) is 10.0 Å². The average Bonchev–Trinajstić information content (AvgIpc) is 2.38. The first-order valence-electron chi connectivity index (χ1n) is 6.08. The standard InChI is InChI=1S/C13H17FN2O2/c14-16-9-8-15(7-6-13(17)18)12(10-16)11-4-2-1-3-5-11/h1-5,12H,6-10H2,(H,17,18). The molecule has 1 heterocycles. The zero-order valence-electron chi connectivity index (χ0n) is 10.1. The molecule has 18 heavy (non-hydrogen) atoms. The Kier molecular flexibility index (Phi) is 4.28. The molecule has 0 bridgehead atoms. The molecule has 0 amide bonds. The van der Waals surface area contributed by atoms with E-state index in [0.717, 1.165) is 10.7 Å². The molecule has 1 N–H and O–H groups in total. The van der Waals surface area contributed by atoms with E-state index in [0.29, 0.717) is 26.2 Å². The van der Waals surface area contributed by atoms with Crippen LogP contribution in [0.3, 0.4) is 0 Å². The van der Waals surface area contributed by atoms with Gasteiger partial charge in [0.15, 0.2) is 0 Å². The molecule has 5 heteroatoms. The van der Waals surface area contributed by atoms with Crippen LogP contribution in [0, 0.1) is 0 Å². The molecule has 2 rings (SSSR count). The fourth-order valence-electron chi connectivity index (χ4n) is 2.29. The van der Waals surface area contributed by atoms with Gasteiger partial charge in [-0.3, -0.25) is 9.69 Å². The Labute approximate surface area is 106 Å². The lowest BCUT2D eigenvalue weighted by Crippen LogP contribution is -2.46. The lowest BCUT2D eigenvalue weighted by Gasteiger charge is -2.38. The van der Waals surface area contributed by atoms with Gasteiger partial charge in [0.25, 0.3) is 0 Å². The van der Waals surface area contributed by atoms with E-state index in [1.807, 2.05) is 35.2 Å². The smallest absolute Gasteiger partial charge is 0.304 e. The van der Waals surface area contributed by atoms with Crippen LogP contribution in [0.2, 0.25) is 0 Å². The van der Waals surface area contributed by atoms with E-state index < -0.39 is 5.97 Å². The maximum absolute atomic E-state index is 13.4. The van der Waals surface area contributed by atoms with Crippen molar-refractivity contribution >= 4 is 5.97 Å². The number of halogens is 1. The van der Waals surface area contributed by atoms with Crippen LogP contribution in [0.4, 0.5) is 4.48 Å². The van der Waals surface area contributed by atoms with Crippen molar-refractivity contribution in [1.29, 1.82) is 0 Å². The summed E-state index contributed by atoms with van der Waals surface area (Å²) in [6.07, 6.45) is 0.0929. The van der Waals surface area contributed by atoms with Crippen molar-refractivity contribution in [2.75, 3.05) is 26.2 Å². The third kappa shape index (κ3) is 3.27. The third-order valence-electron chi connectivity index (χ3n) is 3.24. The Balaban J connectivity index is 2.08. The zero-order chi connectivity index (χ0) is 13.0. The van der Waals surface area contributed by atoms with Crippen LogP contribution in [0.25, 0.3) is 0 Å². The molecule has 1 atom stereocenters. The first-order valence-corrected chi connectivity index (χ1v) is 6.08. The minimum Gasteiger partial charge on any atom is -0.481 e. The number of rotatable bonds is 4. The maximum atomic E-state index is 13.4. The number of nitrogens with zero attached hydrogens (tertiary/aromatic N) is 2. The minimum absolute atomic E-state index is 0.0655. The van der Waals surface area contributed by atoms with Gasteiger partial charge in [0.05, 0.1) is 12.5 Å². The molecule has 1 aliphatic heterocycles. The van der Waals surface area contributed by atoms with E-state index in [1.165, 1.54) is 0 Å². The van der Waals surface area contributed by atoms with E-state index in [2.05, 4.69) is 0 Å². The summed E-state index contributed by atoms with van der Waals surface area (Å²) in [5.74, 6) is -0.815. The van der Waals surface area contributed by atoms with E-state index in [-0.39, 0.29) is 12.5 Å². The molecule has 1 aromatic carbocycles. The topological polar surface area (TPSA) is 43.8 Å². The number of benzene rings is 1. The Morgan fingerprint density at radius 2 is 2.06 bits per heavy atom. The SMILES string of the molecule is O=C(O)CCN1CCN(F)CC1c1ccccc1. The fraction of sp³-hybridized carbons (Fsp3) is 0.462. The second-order valence-corrected chi connectivity index (χ2v) is 4.48. The van der Waals surface area contributed by atoms with E-state index >= 15 is 0 Å². The lowest BCUT2D eigenvalue weighted by molar-refractivity contribution is -0.138. The molecular formula is C13H17FN2O2. The summed E-state index contributed by atoms with van der Waals surface area (Å²) in [7, 11) is 0. The first kappa shape index (κ1) is 13.0. The quantitative estimate of drug-likeness (QED) is 0.828. The first-order chi connectivity index (χ1) is 8.66. The summed E-state index contributed by atoms with van der Waals surface area (Å²) in [4.78, 5) is 12.7. The number of aliphatic carboxylic acids is 1. The highest BCUT2D eigenvalue weighted by Crippen LogP contribution is 2.25. The van der Waals surface area contributed by atoms with Crippen LogP contribution < -0.4 is 0 Å². The second kappa shape index (κ2) is 5.93. The number of carboxylic acids is 1. The normalized spacial score (nSPS) is 21.9. The fourth-order valence-corrected chi connectivity index (χ4v) is 2.29. The van der Waals surface area contributed by atoms with Gasteiger partial charge in [0.1, 0.15) is 0 Å². The van der Waals surface area contributed by atoms with Gasteiger partial charge >= 0.3 is 5.97 Å². The molecule has 1 aliphatic rings. The summed E-state index contributed by atoms with van der Waals surface area (Å²) >= 11 is 0. The highest BCUT2D eigenvalue weighted by Gasteiger charge is 2.28. The zero-order valence-corrected chi connectivity index (χ0v) is 10.1. The highest BCUT2D eigenvalue weighted by atomic mass is 19.2. The largest absolute Gasteiger partial charge is 0.481 e. The molecule has 1 unspecified atom stereocenters. The Morgan fingerprint density at radius 3 is 2.72 bits per heavy atom. The molecule has 0 spiro atoms. The third-order valence-corrected chi connectivity index (χ3v) is 3.24. The molecule has 0 aliphatic carbocycles. The monoisotopic (exact) mass is 252 g/mol. The van der Waals surface area contributed by atoms with Gasteiger partial charge in [0, 0.05) is 26.2 Å². The summed E-state index contributed by atoms with van der Waals surface area (Å²) in [5.41, 5.74) is 1.03. The summed E-state index contributed by atoms with van der Waals surface area (Å²) in [6, 6.07) is 9.60. The maximum Gasteiger partial charge on any atom is 0.304 e. The van der Waals surface area contributed by atoms with Gasteiger partial charge in [-0.15, -0.1) is 9.60 Å². The summed E-state index contributed by atoms with van der Waals surface area (Å²) < 4.78 is 13.4. The van der Waals surface area contributed by atoms with Gasteiger partial charge < -0.3 is 5.11 Å². The van der Waals surface area contributed by atoms with Crippen LogP contribution in [-0.4, -0.2) is 47.3 Å². The van der Waals surface area contributed by atoms with Crippen LogP contribution in [0.5, 0.6) is 0 Å². The van der Waals surface area contributed by atoms with E-state index in [9.17, 15) is 9.28 Å². The van der Waals surface area contributed by atoms with E-state index in [1.54, 1.807) is 0 Å². The van der Waals surface area contributed by atoms with Gasteiger partial charge in [-0.25, -0.2) is 0 Å². The van der Waals surface area contributed by atoms with Gasteiger partial charge in [-0.2, -0.15) is 0 Å². The molecule has 0 saturated carbocycles. The van der Waals surface area contributed by atoms with Gasteiger partial charge in [-0.1, -0.05) is 30.3 Å². The van der Waals surface area contributed by atoms with Crippen molar-refractivity contribution in [3.05, 3.63) is 35.9 Å². The second-order valence-electron chi connectivity index (χ2n) is 4.48. The van der Waals surface area contributed by atoms with Crippen LogP contribution in [-0.2, 0) is 4.79 Å². The van der Waals surface area contributed by atoms with Crippen molar-refractivity contribution in [3.63, 3.8) is 0 Å². The van der Waals surface area contributed by atoms with Crippen LogP contribution >= 0.6 is 0 Å².